The fourth-order valence-corrected chi connectivity index (χ4v) is 4.38. The van der Waals surface area contributed by atoms with Crippen LogP contribution in [0.4, 0.5) is 5.69 Å². The molecule has 0 radical (unpaired) electrons. The van der Waals surface area contributed by atoms with Gasteiger partial charge in [0.05, 0.1) is 16.2 Å². The van der Waals surface area contributed by atoms with Crippen LogP contribution >= 0.6 is 0 Å². The molecule has 5 aromatic rings. The minimum absolute atomic E-state index is 0.0389. The Labute approximate surface area is 208 Å². The first-order chi connectivity index (χ1) is 17.3. The summed E-state index contributed by atoms with van der Waals surface area (Å²) in [6, 6.07) is 20.5. The van der Waals surface area contributed by atoms with Crippen molar-refractivity contribution in [2.45, 2.75) is 11.8 Å². The summed E-state index contributed by atoms with van der Waals surface area (Å²) in [6.07, 6.45) is 6.55. The molecule has 0 aliphatic carbocycles. The van der Waals surface area contributed by atoms with Gasteiger partial charge in [0.2, 0.25) is 5.88 Å². The number of carbonyl (C=O) groups is 1. The number of hydrogen-bond acceptors (Lipinski definition) is 6. The molecule has 180 valence electrons. The van der Waals surface area contributed by atoms with E-state index in [1.54, 1.807) is 36.5 Å². The second-order valence-electron chi connectivity index (χ2n) is 8.28. The average molecular weight is 499 g/mol. The fourth-order valence-electron chi connectivity index (χ4n) is 3.74. The zero-order chi connectivity index (χ0) is 25.3. The van der Waals surface area contributed by atoms with Crippen molar-refractivity contribution in [1.29, 1.82) is 0 Å². The lowest BCUT2D eigenvalue weighted by Gasteiger charge is -2.12. The molecule has 0 saturated carbocycles. The fraction of sp³-hybridized carbons (Fsp3) is 0.0741. The van der Waals surface area contributed by atoms with Crippen LogP contribution in [0.1, 0.15) is 15.9 Å². The van der Waals surface area contributed by atoms with E-state index in [9.17, 15) is 13.2 Å². The Hall–Kier alpha value is -4.50. The van der Waals surface area contributed by atoms with Gasteiger partial charge in [0.1, 0.15) is 11.4 Å². The Morgan fingerprint density at radius 1 is 1.00 bits per heavy atom. The van der Waals surface area contributed by atoms with E-state index in [-0.39, 0.29) is 22.1 Å². The van der Waals surface area contributed by atoms with Crippen LogP contribution in [0.3, 0.4) is 0 Å². The third kappa shape index (κ3) is 4.82. The molecule has 1 amide bonds. The standard InChI is InChI=1S/C27H22N4O4S/c1-18-6-5-15-31-17-23(30-26(18)31)19-8-10-20(11-9-19)29-27(32)22-13-12-21(36(2,33)34)16-24(22)35-25-7-3-4-14-28-25/h3-17H,1-2H3,(H,29,32). The van der Waals surface area contributed by atoms with Crippen molar-refractivity contribution in [2.75, 3.05) is 11.6 Å². The van der Waals surface area contributed by atoms with Gasteiger partial charge in [0.15, 0.2) is 9.84 Å². The number of rotatable bonds is 6. The summed E-state index contributed by atoms with van der Waals surface area (Å²) in [5.41, 5.74) is 4.45. The van der Waals surface area contributed by atoms with Crippen LogP contribution in [0.2, 0.25) is 0 Å². The summed E-state index contributed by atoms with van der Waals surface area (Å²) in [7, 11) is -3.50. The molecular weight excluding hydrogens is 476 g/mol. The zero-order valence-electron chi connectivity index (χ0n) is 19.5. The van der Waals surface area contributed by atoms with E-state index in [0.29, 0.717) is 5.69 Å². The summed E-state index contributed by atoms with van der Waals surface area (Å²) in [6.45, 7) is 2.01. The van der Waals surface area contributed by atoms with Crippen LogP contribution < -0.4 is 10.1 Å². The molecule has 2 aromatic carbocycles. The van der Waals surface area contributed by atoms with Crippen molar-refractivity contribution in [2.24, 2.45) is 0 Å². The van der Waals surface area contributed by atoms with Gasteiger partial charge in [-0.05, 0) is 48.9 Å². The lowest BCUT2D eigenvalue weighted by molar-refractivity contribution is 0.102. The molecule has 0 unspecified atom stereocenters. The van der Waals surface area contributed by atoms with Gasteiger partial charge in [-0.1, -0.05) is 24.3 Å². The van der Waals surface area contributed by atoms with Gasteiger partial charge < -0.3 is 14.5 Å². The van der Waals surface area contributed by atoms with Crippen LogP contribution in [-0.4, -0.2) is 34.9 Å². The van der Waals surface area contributed by atoms with Crippen LogP contribution in [0.5, 0.6) is 11.6 Å². The maximum atomic E-state index is 13.1. The molecule has 0 spiro atoms. The Morgan fingerprint density at radius 3 is 2.50 bits per heavy atom. The number of nitrogens with one attached hydrogen (secondary N) is 1. The summed E-state index contributed by atoms with van der Waals surface area (Å²) >= 11 is 0. The third-order valence-corrected chi connectivity index (χ3v) is 6.70. The Bertz CT molecular complexity index is 1680. The first-order valence-corrected chi connectivity index (χ1v) is 13.0. The number of anilines is 1. The van der Waals surface area contributed by atoms with Gasteiger partial charge >= 0.3 is 0 Å². The largest absolute Gasteiger partial charge is 0.438 e. The maximum absolute atomic E-state index is 13.1. The number of sulfone groups is 1. The lowest BCUT2D eigenvalue weighted by Crippen LogP contribution is -2.13. The number of carbonyl (C=O) groups excluding carboxylic acids is 1. The zero-order valence-corrected chi connectivity index (χ0v) is 20.4. The second-order valence-corrected chi connectivity index (χ2v) is 10.3. The number of amides is 1. The van der Waals surface area contributed by atoms with E-state index in [4.69, 9.17) is 9.72 Å². The summed E-state index contributed by atoms with van der Waals surface area (Å²) in [5.74, 6) is -0.118. The van der Waals surface area contributed by atoms with Crippen LogP contribution in [-0.2, 0) is 9.84 Å². The number of aryl methyl sites for hydroxylation is 1. The maximum Gasteiger partial charge on any atom is 0.259 e. The van der Waals surface area contributed by atoms with E-state index in [1.165, 1.54) is 18.2 Å². The van der Waals surface area contributed by atoms with Crippen molar-refractivity contribution < 1.29 is 17.9 Å². The highest BCUT2D eigenvalue weighted by atomic mass is 32.2. The highest BCUT2D eigenvalue weighted by Gasteiger charge is 2.18. The van der Waals surface area contributed by atoms with E-state index in [1.807, 2.05) is 48.0 Å². The molecule has 0 atom stereocenters. The van der Waals surface area contributed by atoms with Gasteiger partial charge in [-0.15, -0.1) is 0 Å². The van der Waals surface area contributed by atoms with E-state index < -0.39 is 15.7 Å². The van der Waals surface area contributed by atoms with Gasteiger partial charge in [-0.2, -0.15) is 0 Å². The lowest BCUT2D eigenvalue weighted by atomic mass is 10.1. The van der Waals surface area contributed by atoms with E-state index >= 15 is 0 Å². The minimum Gasteiger partial charge on any atom is -0.438 e. The van der Waals surface area contributed by atoms with Crippen LogP contribution in [0.15, 0.2) is 96.3 Å². The van der Waals surface area contributed by atoms with Crippen molar-refractivity contribution in [3.05, 3.63) is 103 Å². The third-order valence-electron chi connectivity index (χ3n) is 5.59. The predicted molar refractivity (Wildman–Crippen MR) is 137 cm³/mol. The molecule has 0 aliphatic rings. The number of imidazole rings is 1. The normalized spacial score (nSPS) is 11.4. The predicted octanol–water partition coefficient (Wildman–Crippen LogP) is 5.15. The number of nitrogens with zero attached hydrogens (tertiary/aromatic N) is 3. The molecule has 9 heteroatoms. The van der Waals surface area contributed by atoms with Crippen molar-refractivity contribution in [1.82, 2.24) is 14.4 Å². The van der Waals surface area contributed by atoms with Gasteiger partial charge in [0, 0.05) is 48.2 Å². The minimum atomic E-state index is -3.50. The summed E-state index contributed by atoms with van der Waals surface area (Å²) < 4.78 is 31.9. The van der Waals surface area contributed by atoms with E-state index in [2.05, 4.69) is 10.3 Å². The molecule has 1 N–H and O–H groups in total. The smallest absolute Gasteiger partial charge is 0.259 e. The van der Waals surface area contributed by atoms with E-state index in [0.717, 1.165) is 28.7 Å². The molecule has 3 heterocycles. The molecule has 0 aliphatic heterocycles. The van der Waals surface area contributed by atoms with Gasteiger partial charge in [0.25, 0.3) is 5.91 Å². The first kappa shape index (κ1) is 23.3. The molecule has 5 rings (SSSR count). The van der Waals surface area contributed by atoms with Crippen molar-refractivity contribution in [3.8, 4) is 22.9 Å². The SMILES string of the molecule is Cc1cccn2cc(-c3ccc(NC(=O)c4ccc(S(C)(=O)=O)cc4Oc4ccccn4)cc3)nc12. The summed E-state index contributed by atoms with van der Waals surface area (Å²) in [4.78, 5) is 22.0. The first-order valence-electron chi connectivity index (χ1n) is 11.1. The Balaban J connectivity index is 1.41. The second kappa shape index (κ2) is 9.27. The quantitative estimate of drug-likeness (QED) is 0.347. The average Bonchev–Trinajstić information content (AvgIpc) is 3.30. The number of fused-ring (bicyclic) bond motifs is 1. The van der Waals surface area contributed by atoms with Crippen molar-refractivity contribution >= 4 is 27.1 Å². The molecule has 0 bridgehead atoms. The summed E-state index contributed by atoms with van der Waals surface area (Å²) in [5, 5.41) is 2.84. The highest BCUT2D eigenvalue weighted by Crippen LogP contribution is 2.29. The van der Waals surface area contributed by atoms with Gasteiger partial charge in [-0.25, -0.2) is 18.4 Å². The number of hydrogen-bond donors (Lipinski definition) is 1. The Kier molecular flexibility index (Phi) is 5.99. The topological polar surface area (TPSA) is 103 Å². The number of benzene rings is 2. The van der Waals surface area contributed by atoms with Crippen LogP contribution in [0.25, 0.3) is 16.9 Å². The Morgan fingerprint density at radius 2 is 1.81 bits per heavy atom. The molecule has 0 fully saturated rings. The molecular formula is C27H22N4O4S. The number of ether oxygens (including phenoxy) is 1. The monoisotopic (exact) mass is 498 g/mol. The molecule has 3 aromatic heterocycles. The van der Waals surface area contributed by atoms with Crippen LogP contribution in [0, 0.1) is 6.92 Å². The molecule has 0 saturated heterocycles. The highest BCUT2D eigenvalue weighted by molar-refractivity contribution is 7.90. The van der Waals surface area contributed by atoms with Crippen molar-refractivity contribution in [3.63, 3.8) is 0 Å². The number of pyridine rings is 2. The molecule has 8 nitrogen and oxygen atoms in total. The van der Waals surface area contributed by atoms with Gasteiger partial charge in [-0.3, -0.25) is 4.79 Å². The molecule has 36 heavy (non-hydrogen) atoms. The number of aromatic nitrogens is 3.